The molecule has 0 saturated carbocycles. The second-order valence-electron chi connectivity index (χ2n) is 14.1. The molecule has 3 heterocycles. The van der Waals surface area contributed by atoms with Gasteiger partial charge < -0.3 is 9.47 Å². The van der Waals surface area contributed by atoms with Gasteiger partial charge in [-0.2, -0.15) is 0 Å². The van der Waals surface area contributed by atoms with Gasteiger partial charge in [-0.1, -0.05) is 133 Å². The largest absolute Gasteiger partial charge is 0.334 e. The van der Waals surface area contributed by atoms with E-state index in [2.05, 4.69) is 203 Å². The number of para-hydroxylation sites is 4. The van der Waals surface area contributed by atoms with Crippen molar-refractivity contribution in [2.75, 3.05) is 7.05 Å². The molecule has 11 rings (SSSR count). The van der Waals surface area contributed by atoms with Gasteiger partial charge in [-0.05, 0) is 76.0 Å². The summed E-state index contributed by atoms with van der Waals surface area (Å²) in [5, 5.41) is 7.44. The minimum absolute atomic E-state index is 0.0277. The molecular formula is C49H34N4. The molecule has 250 valence electrons. The van der Waals surface area contributed by atoms with Crippen molar-refractivity contribution in [3.63, 3.8) is 0 Å². The minimum Gasteiger partial charge on any atom is -0.334 e. The summed E-state index contributed by atoms with van der Waals surface area (Å²) in [5.41, 5.74) is 11.6. The van der Waals surface area contributed by atoms with Gasteiger partial charge in [-0.15, -0.1) is 0 Å². The third kappa shape index (κ3) is 4.52. The van der Waals surface area contributed by atoms with Crippen molar-refractivity contribution < 1.29 is 0 Å². The van der Waals surface area contributed by atoms with Crippen LogP contribution in [0.1, 0.15) is 17.2 Å². The van der Waals surface area contributed by atoms with Gasteiger partial charge in [-0.3, -0.25) is 4.57 Å². The molecule has 0 aliphatic carbocycles. The van der Waals surface area contributed by atoms with Crippen LogP contribution in [-0.4, -0.2) is 27.0 Å². The lowest BCUT2D eigenvalue weighted by Gasteiger charge is -2.36. The molecule has 1 atom stereocenters. The zero-order valence-electron chi connectivity index (χ0n) is 29.2. The van der Waals surface area contributed by atoms with Crippen LogP contribution in [0.5, 0.6) is 0 Å². The van der Waals surface area contributed by atoms with Gasteiger partial charge in [0.05, 0.1) is 33.8 Å². The van der Waals surface area contributed by atoms with E-state index in [-0.39, 0.29) is 6.04 Å². The smallest absolute Gasteiger partial charge is 0.211 e. The third-order valence-corrected chi connectivity index (χ3v) is 11.1. The van der Waals surface area contributed by atoms with Crippen molar-refractivity contribution in [3.05, 3.63) is 193 Å². The highest BCUT2D eigenvalue weighted by atomic mass is 15.3. The van der Waals surface area contributed by atoms with E-state index >= 15 is 0 Å². The zero-order chi connectivity index (χ0) is 35.0. The highest BCUT2D eigenvalue weighted by Gasteiger charge is 2.31. The first kappa shape index (κ1) is 29.8. The summed E-state index contributed by atoms with van der Waals surface area (Å²) in [5.74, 6) is 0.903. The van der Waals surface area contributed by atoms with E-state index in [1.165, 1.54) is 65.6 Å². The van der Waals surface area contributed by atoms with E-state index in [1.54, 1.807) is 0 Å². The van der Waals surface area contributed by atoms with Crippen molar-refractivity contribution in [1.29, 1.82) is 0 Å². The van der Waals surface area contributed by atoms with E-state index in [0.717, 1.165) is 28.4 Å². The number of fused-ring (bicyclic) bond motifs is 8. The first-order valence-corrected chi connectivity index (χ1v) is 18.2. The summed E-state index contributed by atoms with van der Waals surface area (Å²) >= 11 is 0. The predicted octanol–water partition coefficient (Wildman–Crippen LogP) is 12.3. The molecule has 0 spiro atoms. The number of nitrogens with zero attached hydrogens (tertiary/aromatic N) is 4. The average molecular weight is 679 g/mol. The maximum Gasteiger partial charge on any atom is 0.211 e. The Morgan fingerprint density at radius 1 is 0.434 bits per heavy atom. The lowest BCUT2D eigenvalue weighted by molar-refractivity contribution is 0.410. The molecule has 0 bridgehead atoms. The van der Waals surface area contributed by atoms with Crippen LogP contribution in [0.25, 0.3) is 71.2 Å². The molecule has 4 nitrogen and oxygen atoms in total. The third-order valence-electron chi connectivity index (χ3n) is 11.1. The highest BCUT2D eigenvalue weighted by molar-refractivity contribution is 6.21. The Morgan fingerprint density at radius 3 is 1.81 bits per heavy atom. The minimum atomic E-state index is -0.0277. The maximum atomic E-state index is 5.44. The summed E-state index contributed by atoms with van der Waals surface area (Å²) in [6.45, 7) is 0. The number of aliphatic imine (C=N–C) groups is 1. The summed E-state index contributed by atoms with van der Waals surface area (Å²) in [4.78, 5) is 7.80. The first-order valence-electron chi connectivity index (χ1n) is 18.2. The molecule has 0 amide bonds. The lowest BCUT2D eigenvalue weighted by atomic mass is 9.93. The fourth-order valence-electron chi connectivity index (χ4n) is 8.67. The fourth-order valence-corrected chi connectivity index (χ4v) is 8.67. The Hall–Kier alpha value is -6.91. The van der Waals surface area contributed by atoms with Gasteiger partial charge in [-0.25, -0.2) is 4.99 Å². The number of benzene rings is 8. The van der Waals surface area contributed by atoms with Crippen molar-refractivity contribution in [2.45, 2.75) is 6.04 Å². The normalized spacial score (nSPS) is 14.4. The van der Waals surface area contributed by atoms with Crippen LogP contribution in [0, 0.1) is 0 Å². The number of hydrogen-bond acceptors (Lipinski definition) is 2. The van der Waals surface area contributed by atoms with Crippen LogP contribution >= 0.6 is 0 Å². The number of aromatic nitrogens is 2. The van der Waals surface area contributed by atoms with Crippen molar-refractivity contribution >= 4 is 66.0 Å². The van der Waals surface area contributed by atoms with Gasteiger partial charge >= 0.3 is 0 Å². The van der Waals surface area contributed by atoms with Crippen molar-refractivity contribution in [3.8, 4) is 16.8 Å². The number of rotatable bonds is 3. The molecule has 2 aromatic heterocycles. The van der Waals surface area contributed by atoms with Crippen LogP contribution < -0.4 is 0 Å². The summed E-state index contributed by atoms with van der Waals surface area (Å²) < 4.78 is 4.78. The molecule has 0 N–H and O–H groups in total. The molecular weight excluding hydrogens is 645 g/mol. The van der Waals surface area contributed by atoms with E-state index in [0.29, 0.717) is 0 Å². The second kappa shape index (κ2) is 11.6. The van der Waals surface area contributed by atoms with E-state index in [1.807, 2.05) is 0 Å². The van der Waals surface area contributed by atoms with E-state index < -0.39 is 0 Å². The van der Waals surface area contributed by atoms with Crippen molar-refractivity contribution in [1.82, 2.24) is 14.0 Å². The number of hydrogen-bond donors (Lipinski definition) is 0. The molecule has 8 aromatic carbocycles. The summed E-state index contributed by atoms with van der Waals surface area (Å²) in [6.07, 6.45) is 0. The highest BCUT2D eigenvalue weighted by Crippen LogP contribution is 2.43. The zero-order valence-corrected chi connectivity index (χ0v) is 29.2. The Bertz CT molecular complexity index is 3070. The Balaban J connectivity index is 1.11. The van der Waals surface area contributed by atoms with Gasteiger partial charge in [0.1, 0.15) is 0 Å². The molecule has 0 radical (unpaired) electrons. The Kier molecular flexibility index (Phi) is 6.49. The maximum absolute atomic E-state index is 5.44. The first-order chi connectivity index (χ1) is 26.2. The van der Waals surface area contributed by atoms with Crippen LogP contribution in [0.3, 0.4) is 0 Å². The summed E-state index contributed by atoms with van der Waals surface area (Å²) in [6, 6.07) is 65.9. The quantitative estimate of drug-likeness (QED) is 0.183. The predicted molar refractivity (Wildman–Crippen MR) is 222 cm³/mol. The van der Waals surface area contributed by atoms with Gasteiger partial charge in [0.2, 0.25) is 5.96 Å². The summed E-state index contributed by atoms with van der Waals surface area (Å²) in [7, 11) is 2.19. The topological polar surface area (TPSA) is 25.5 Å². The molecule has 53 heavy (non-hydrogen) atoms. The molecule has 0 fully saturated rings. The molecule has 1 aliphatic rings. The molecule has 1 unspecified atom stereocenters. The Morgan fingerprint density at radius 2 is 1.04 bits per heavy atom. The average Bonchev–Trinajstić information content (AvgIpc) is 3.72. The second-order valence-corrected chi connectivity index (χ2v) is 14.1. The van der Waals surface area contributed by atoms with Crippen molar-refractivity contribution in [2.24, 2.45) is 4.99 Å². The SMILES string of the molecule is CN1C(n2c3ccccc3c3cc4c5ccccc5n(-c5ccccc5)c4cc32)=Nc2ccccc2C1c1ccc(-c2ccc3ccccc3c2)cc1. The molecule has 1 aliphatic heterocycles. The van der Waals surface area contributed by atoms with Crippen LogP contribution in [0.15, 0.2) is 187 Å². The monoisotopic (exact) mass is 678 g/mol. The van der Waals surface area contributed by atoms with E-state index in [4.69, 9.17) is 4.99 Å². The molecule has 0 saturated heterocycles. The van der Waals surface area contributed by atoms with E-state index in [9.17, 15) is 0 Å². The molecule has 10 aromatic rings. The van der Waals surface area contributed by atoms with Gasteiger partial charge in [0.15, 0.2) is 0 Å². The van der Waals surface area contributed by atoms with Crippen LogP contribution in [0.4, 0.5) is 5.69 Å². The van der Waals surface area contributed by atoms with Crippen LogP contribution in [0.2, 0.25) is 0 Å². The fraction of sp³-hybridized carbons (Fsp3) is 0.0408. The Labute approximate surface area is 307 Å². The van der Waals surface area contributed by atoms with Gasteiger partial charge in [0, 0.05) is 39.8 Å². The lowest BCUT2D eigenvalue weighted by Crippen LogP contribution is -2.38. The molecule has 4 heteroatoms. The van der Waals surface area contributed by atoms with Gasteiger partial charge in [0.25, 0.3) is 0 Å². The van der Waals surface area contributed by atoms with Crippen LogP contribution in [-0.2, 0) is 0 Å². The standard InChI is InChI=1S/C49H34N4/c1-51-48(34-26-23-33(24-27-34)36-28-25-32-13-5-6-14-35(32)29-36)40-19-7-10-20-43(40)50-49(51)53-45-22-12-9-18-39(45)42-30-41-38-17-8-11-21-44(38)52(46(41)31-47(42)53)37-15-3-2-4-16-37/h2-31,48H,1H3.